The highest BCUT2D eigenvalue weighted by Gasteiger charge is 2.52. The maximum atomic E-state index is 12.1. The van der Waals surface area contributed by atoms with Gasteiger partial charge in [0, 0.05) is 13.0 Å². The molecule has 262 valence electrons. The average molecular weight is 661 g/mol. The summed E-state index contributed by atoms with van der Waals surface area (Å²) in [6, 6.07) is 9.38. The summed E-state index contributed by atoms with van der Waals surface area (Å²) >= 11 is 0. The second kappa shape index (κ2) is 17.0. The lowest BCUT2D eigenvalue weighted by Crippen LogP contribution is -2.65. The van der Waals surface area contributed by atoms with Gasteiger partial charge in [0.25, 0.3) is 0 Å². The Labute approximate surface area is 267 Å². The van der Waals surface area contributed by atoms with E-state index in [1.165, 1.54) is 13.8 Å². The summed E-state index contributed by atoms with van der Waals surface area (Å²) in [5, 5.41) is 73.7. The van der Waals surface area contributed by atoms with Crippen molar-refractivity contribution in [1.29, 1.82) is 0 Å². The summed E-state index contributed by atoms with van der Waals surface area (Å²) in [4.78, 5) is 12.1. The van der Waals surface area contributed by atoms with Gasteiger partial charge >= 0.3 is 5.97 Å². The van der Waals surface area contributed by atoms with Crippen LogP contribution in [-0.4, -0.2) is 140 Å². The molecule has 15 heteroatoms. The predicted molar refractivity (Wildman–Crippen MR) is 155 cm³/mol. The Morgan fingerprint density at radius 1 is 0.630 bits per heavy atom. The van der Waals surface area contributed by atoms with Crippen LogP contribution in [0.15, 0.2) is 30.3 Å². The van der Waals surface area contributed by atoms with E-state index in [0.29, 0.717) is 19.3 Å². The van der Waals surface area contributed by atoms with Crippen molar-refractivity contribution in [2.24, 2.45) is 0 Å². The molecule has 0 saturated carbocycles. The van der Waals surface area contributed by atoms with Gasteiger partial charge in [0.05, 0.1) is 18.3 Å². The van der Waals surface area contributed by atoms with Gasteiger partial charge in [0.1, 0.15) is 61.5 Å². The van der Waals surface area contributed by atoms with Crippen molar-refractivity contribution >= 4 is 5.97 Å². The van der Waals surface area contributed by atoms with Crippen LogP contribution in [0.4, 0.5) is 0 Å². The fourth-order valence-corrected chi connectivity index (χ4v) is 5.54. The average Bonchev–Trinajstić information content (AvgIpc) is 3.04. The molecule has 4 rings (SSSR count). The molecule has 7 N–H and O–H groups in total. The quantitative estimate of drug-likeness (QED) is 0.0979. The maximum Gasteiger partial charge on any atom is 0.306 e. The molecule has 0 amide bonds. The van der Waals surface area contributed by atoms with Gasteiger partial charge in [-0.2, -0.15) is 0 Å². The van der Waals surface area contributed by atoms with E-state index in [-0.39, 0.29) is 25.6 Å². The SMILES string of the molecule is C[C@@H]1O[C@@H](O[C@@H]2[C@@H](O)[C@H](C)O[C@@H](O[C@H]3[C@@H](OCCCCCC(=O)OCc4ccccc4)O[C@@H](C)[C@H](O)[C@H]3O)[C@@H]2O)[C@H](O)[C@H](O)[C@H]1O. The van der Waals surface area contributed by atoms with E-state index in [0.717, 1.165) is 5.56 Å². The van der Waals surface area contributed by atoms with Crippen LogP contribution in [0.25, 0.3) is 0 Å². The highest BCUT2D eigenvalue weighted by molar-refractivity contribution is 5.69. The Balaban J connectivity index is 1.29. The van der Waals surface area contributed by atoms with Crippen molar-refractivity contribution in [3.8, 4) is 0 Å². The number of esters is 1. The van der Waals surface area contributed by atoms with E-state index in [1.807, 2.05) is 30.3 Å². The van der Waals surface area contributed by atoms with Crippen molar-refractivity contribution in [2.75, 3.05) is 6.61 Å². The summed E-state index contributed by atoms with van der Waals surface area (Å²) in [5.41, 5.74) is 0.905. The molecule has 0 unspecified atom stereocenters. The van der Waals surface area contributed by atoms with Crippen LogP contribution in [0.2, 0.25) is 0 Å². The minimum Gasteiger partial charge on any atom is -0.461 e. The molecule has 3 heterocycles. The van der Waals surface area contributed by atoms with Gasteiger partial charge in [-0.25, -0.2) is 0 Å². The summed E-state index contributed by atoms with van der Waals surface area (Å²) in [6.45, 7) is 4.87. The number of hydrogen-bond acceptors (Lipinski definition) is 15. The number of benzene rings is 1. The van der Waals surface area contributed by atoms with E-state index in [4.69, 9.17) is 33.2 Å². The maximum absolute atomic E-state index is 12.1. The second-order valence-electron chi connectivity index (χ2n) is 12.1. The predicted octanol–water partition coefficient (Wildman–Crippen LogP) is -1.16. The van der Waals surface area contributed by atoms with E-state index in [9.17, 15) is 40.5 Å². The number of carbonyl (C=O) groups is 1. The molecule has 15 nitrogen and oxygen atoms in total. The summed E-state index contributed by atoms with van der Waals surface area (Å²) < 4.78 is 39.6. The Morgan fingerprint density at radius 2 is 1.20 bits per heavy atom. The monoisotopic (exact) mass is 660 g/mol. The third kappa shape index (κ3) is 9.19. The first-order valence-electron chi connectivity index (χ1n) is 15.7. The van der Waals surface area contributed by atoms with Crippen LogP contribution in [0.3, 0.4) is 0 Å². The molecular formula is C31H48O15. The largest absolute Gasteiger partial charge is 0.461 e. The van der Waals surface area contributed by atoms with Gasteiger partial charge < -0.3 is 68.9 Å². The van der Waals surface area contributed by atoms with E-state index in [1.54, 1.807) is 6.92 Å². The van der Waals surface area contributed by atoms with Crippen molar-refractivity contribution in [2.45, 2.75) is 145 Å². The lowest BCUT2D eigenvalue weighted by atomic mass is 9.97. The van der Waals surface area contributed by atoms with E-state index < -0.39 is 92.1 Å². The van der Waals surface area contributed by atoms with Gasteiger partial charge in [0.2, 0.25) is 0 Å². The summed E-state index contributed by atoms with van der Waals surface area (Å²) in [5.74, 6) is -0.305. The molecule has 15 atom stereocenters. The number of carbonyl (C=O) groups excluding carboxylic acids is 1. The molecule has 0 aromatic heterocycles. The van der Waals surface area contributed by atoms with Crippen LogP contribution < -0.4 is 0 Å². The van der Waals surface area contributed by atoms with Gasteiger partial charge in [0.15, 0.2) is 18.9 Å². The summed E-state index contributed by atoms with van der Waals surface area (Å²) in [6.07, 6.45) is -18.4. The van der Waals surface area contributed by atoms with Gasteiger partial charge in [-0.05, 0) is 39.2 Å². The number of hydrogen-bond donors (Lipinski definition) is 7. The lowest BCUT2D eigenvalue weighted by molar-refractivity contribution is -0.380. The van der Waals surface area contributed by atoms with Crippen molar-refractivity contribution in [3.63, 3.8) is 0 Å². The number of aliphatic hydroxyl groups excluding tert-OH is 7. The normalized spacial score (nSPS) is 41.7. The molecule has 3 saturated heterocycles. The molecular weight excluding hydrogens is 612 g/mol. The first kappa shape index (κ1) is 37.0. The minimum atomic E-state index is -1.70. The topological polar surface area (TPSA) is 223 Å². The molecule has 1 aromatic rings. The van der Waals surface area contributed by atoms with Gasteiger partial charge in [-0.3, -0.25) is 4.79 Å². The fourth-order valence-electron chi connectivity index (χ4n) is 5.54. The van der Waals surface area contributed by atoms with Crippen molar-refractivity contribution in [1.82, 2.24) is 0 Å². The van der Waals surface area contributed by atoms with Crippen LogP contribution in [0.5, 0.6) is 0 Å². The molecule has 46 heavy (non-hydrogen) atoms. The molecule has 1 aromatic carbocycles. The zero-order valence-corrected chi connectivity index (χ0v) is 26.2. The third-order valence-corrected chi connectivity index (χ3v) is 8.51. The Morgan fingerprint density at radius 3 is 1.87 bits per heavy atom. The smallest absolute Gasteiger partial charge is 0.306 e. The standard InChI is InChI=1S/C31H48O15/c1-15-20(33)23(36)25(38)29(42-15)45-27-22(35)17(3)43-30(26(27)39)46-28-24(37)21(34)16(2)44-31(28)40-13-9-5-8-12-19(32)41-14-18-10-6-4-7-11-18/h4,6-7,10-11,15-17,20-31,33-39H,5,8-9,12-14H2,1-3H3/t15-,16-,17-,20-,21-,22-,23+,24+,25+,26+,27+,28+,29-,30-,31-/m0/s1. The highest BCUT2D eigenvalue weighted by atomic mass is 16.8. The number of unbranched alkanes of at least 4 members (excludes halogenated alkanes) is 2. The Bertz CT molecular complexity index is 1060. The molecule has 0 aliphatic carbocycles. The highest BCUT2D eigenvalue weighted by Crippen LogP contribution is 2.32. The molecule has 3 aliphatic rings. The third-order valence-electron chi connectivity index (χ3n) is 8.51. The molecule has 0 spiro atoms. The lowest BCUT2D eigenvalue weighted by Gasteiger charge is -2.47. The molecule has 0 radical (unpaired) electrons. The van der Waals surface area contributed by atoms with Crippen LogP contribution >= 0.6 is 0 Å². The van der Waals surface area contributed by atoms with Crippen LogP contribution in [0.1, 0.15) is 52.0 Å². The number of aliphatic hydroxyl groups is 7. The van der Waals surface area contributed by atoms with Gasteiger partial charge in [-0.1, -0.05) is 36.8 Å². The van der Waals surface area contributed by atoms with Crippen molar-refractivity contribution in [3.05, 3.63) is 35.9 Å². The Hall–Kier alpha value is -1.83. The number of ether oxygens (including phenoxy) is 7. The second-order valence-corrected chi connectivity index (χ2v) is 12.1. The zero-order chi connectivity index (χ0) is 33.5. The first-order chi connectivity index (χ1) is 21.9. The molecule has 0 bridgehead atoms. The van der Waals surface area contributed by atoms with Gasteiger partial charge in [-0.15, -0.1) is 0 Å². The van der Waals surface area contributed by atoms with Crippen molar-refractivity contribution < 1.29 is 73.7 Å². The summed E-state index contributed by atoms with van der Waals surface area (Å²) in [7, 11) is 0. The van der Waals surface area contributed by atoms with Crippen LogP contribution in [0, 0.1) is 0 Å². The zero-order valence-electron chi connectivity index (χ0n) is 26.2. The fraction of sp³-hybridized carbons (Fsp3) is 0.774. The Kier molecular flexibility index (Phi) is 13.7. The van der Waals surface area contributed by atoms with E-state index in [2.05, 4.69) is 0 Å². The molecule has 3 fully saturated rings. The van der Waals surface area contributed by atoms with Crippen LogP contribution in [-0.2, 0) is 44.6 Å². The molecule has 3 aliphatic heterocycles. The number of rotatable bonds is 13. The minimum absolute atomic E-state index is 0.164. The van der Waals surface area contributed by atoms with E-state index >= 15 is 0 Å². The first-order valence-corrected chi connectivity index (χ1v) is 15.7.